The van der Waals surface area contributed by atoms with E-state index < -0.39 is 0 Å². The van der Waals surface area contributed by atoms with Gasteiger partial charge in [-0.25, -0.2) is 9.97 Å². The fraction of sp³-hybridized carbons (Fsp3) is 0.364. The topological polar surface area (TPSA) is 86.0 Å². The van der Waals surface area contributed by atoms with Crippen LogP contribution in [0.15, 0.2) is 17.8 Å². The summed E-state index contributed by atoms with van der Waals surface area (Å²) in [4.78, 5) is 12.8. The van der Waals surface area contributed by atoms with E-state index in [9.17, 15) is 0 Å². The summed E-state index contributed by atoms with van der Waals surface area (Å²) in [5.74, 6) is 6.06. The average Bonchev–Trinajstić information content (AvgIpc) is 2.81. The van der Waals surface area contributed by atoms with E-state index in [4.69, 9.17) is 10.6 Å². The number of nitrogens with one attached hydrogen (secondary N) is 1. The highest BCUT2D eigenvalue weighted by Gasteiger charge is 2.18. The lowest BCUT2D eigenvalue weighted by Crippen LogP contribution is -2.30. The molecule has 0 amide bonds. The van der Waals surface area contributed by atoms with Crippen LogP contribution in [0.3, 0.4) is 0 Å². The Hall–Kier alpha value is -1.57. The molecule has 0 radical (unpaired) electrons. The third kappa shape index (κ3) is 2.81. The van der Waals surface area contributed by atoms with Gasteiger partial charge in [-0.2, -0.15) is 0 Å². The molecule has 6 nitrogen and oxygen atoms in total. The molecule has 3 N–H and O–H groups in total. The number of ether oxygens (including phenoxy) is 1. The maximum atomic E-state index is 5.59. The zero-order valence-corrected chi connectivity index (χ0v) is 11.1. The highest BCUT2D eigenvalue weighted by Crippen LogP contribution is 2.23. The molecule has 0 aliphatic heterocycles. The largest absolute Gasteiger partial charge is 0.480 e. The lowest BCUT2D eigenvalue weighted by molar-refractivity contribution is 0.377. The van der Waals surface area contributed by atoms with Crippen molar-refractivity contribution in [1.29, 1.82) is 0 Å². The SMILES string of the molecule is COc1nccnc1C(Cc1csc(C)n1)NN. The molecule has 0 fully saturated rings. The Kier molecular flexibility index (Phi) is 4.19. The standard InChI is InChI=1S/C11H15N5OS/c1-7-15-8(6-18-7)5-9(16-12)10-11(17-2)14-4-3-13-10/h3-4,6,9,16H,5,12H2,1-2H3. The molecule has 96 valence electrons. The summed E-state index contributed by atoms with van der Waals surface area (Å²) >= 11 is 1.62. The minimum absolute atomic E-state index is 0.171. The smallest absolute Gasteiger partial charge is 0.237 e. The predicted molar refractivity (Wildman–Crippen MR) is 69.2 cm³/mol. The first-order chi connectivity index (χ1) is 8.74. The maximum Gasteiger partial charge on any atom is 0.237 e. The lowest BCUT2D eigenvalue weighted by atomic mass is 10.1. The molecule has 0 bridgehead atoms. The number of nitrogens with zero attached hydrogens (tertiary/aromatic N) is 3. The number of nitrogens with two attached hydrogens (primary N) is 1. The van der Waals surface area contributed by atoms with Crippen LogP contribution < -0.4 is 16.0 Å². The number of aromatic nitrogens is 3. The van der Waals surface area contributed by atoms with E-state index in [2.05, 4.69) is 20.4 Å². The maximum absolute atomic E-state index is 5.59. The first kappa shape index (κ1) is 12.9. The van der Waals surface area contributed by atoms with Crippen LogP contribution in [-0.4, -0.2) is 22.1 Å². The number of aryl methyl sites for hydroxylation is 1. The summed E-state index contributed by atoms with van der Waals surface area (Å²) in [5, 5.41) is 3.05. The Labute approximate surface area is 109 Å². The molecule has 0 aliphatic rings. The monoisotopic (exact) mass is 265 g/mol. The minimum Gasteiger partial charge on any atom is -0.480 e. The molecular weight excluding hydrogens is 250 g/mol. The van der Waals surface area contributed by atoms with Gasteiger partial charge in [-0.3, -0.25) is 16.3 Å². The third-order valence-electron chi connectivity index (χ3n) is 2.50. The third-order valence-corrected chi connectivity index (χ3v) is 3.32. The van der Waals surface area contributed by atoms with Gasteiger partial charge in [0.05, 0.1) is 23.9 Å². The van der Waals surface area contributed by atoms with Crippen LogP contribution in [0.2, 0.25) is 0 Å². The van der Waals surface area contributed by atoms with Gasteiger partial charge in [0.15, 0.2) is 0 Å². The Morgan fingerprint density at radius 1 is 1.44 bits per heavy atom. The van der Waals surface area contributed by atoms with Crippen molar-refractivity contribution in [2.75, 3.05) is 7.11 Å². The number of hydrogen-bond acceptors (Lipinski definition) is 7. The Morgan fingerprint density at radius 2 is 2.22 bits per heavy atom. The van der Waals surface area contributed by atoms with Crippen molar-refractivity contribution in [3.05, 3.63) is 34.2 Å². The van der Waals surface area contributed by atoms with Crippen molar-refractivity contribution in [1.82, 2.24) is 20.4 Å². The summed E-state index contributed by atoms with van der Waals surface area (Å²) in [6, 6.07) is -0.171. The van der Waals surface area contributed by atoms with Crippen molar-refractivity contribution in [2.45, 2.75) is 19.4 Å². The predicted octanol–water partition coefficient (Wildman–Crippen LogP) is 0.997. The highest BCUT2D eigenvalue weighted by atomic mass is 32.1. The van der Waals surface area contributed by atoms with Gasteiger partial charge >= 0.3 is 0 Å². The molecule has 0 aromatic carbocycles. The number of methoxy groups -OCH3 is 1. The second kappa shape index (κ2) is 5.85. The van der Waals surface area contributed by atoms with Gasteiger partial charge in [0.2, 0.25) is 5.88 Å². The lowest BCUT2D eigenvalue weighted by Gasteiger charge is -2.15. The molecular formula is C11H15N5OS. The van der Waals surface area contributed by atoms with Crippen LogP contribution in [-0.2, 0) is 6.42 Å². The van der Waals surface area contributed by atoms with Gasteiger partial charge in [-0.1, -0.05) is 0 Å². The van der Waals surface area contributed by atoms with Crippen molar-refractivity contribution in [3.8, 4) is 5.88 Å². The second-order valence-electron chi connectivity index (χ2n) is 3.73. The van der Waals surface area contributed by atoms with Gasteiger partial charge in [-0.05, 0) is 6.92 Å². The van der Waals surface area contributed by atoms with Crippen LogP contribution in [0, 0.1) is 6.92 Å². The minimum atomic E-state index is -0.171. The van der Waals surface area contributed by atoms with Crippen LogP contribution in [0.1, 0.15) is 22.4 Å². The molecule has 2 rings (SSSR count). The highest BCUT2D eigenvalue weighted by molar-refractivity contribution is 7.09. The quantitative estimate of drug-likeness (QED) is 0.619. The van der Waals surface area contributed by atoms with Crippen molar-refractivity contribution in [2.24, 2.45) is 5.84 Å². The molecule has 2 aromatic heterocycles. The van der Waals surface area contributed by atoms with Gasteiger partial charge in [-0.15, -0.1) is 11.3 Å². The number of rotatable bonds is 5. The Balaban J connectivity index is 2.22. The van der Waals surface area contributed by atoms with E-state index in [1.807, 2.05) is 12.3 Å². The second-order valence-corrected chi connectivity index (χ2v) is 4.79. The van der Waals surface area contributed by atoms with E-state index >= 15 is 0 Å². The summed E-state index contributed by atoms with van der Waals surface area (Å²) in [7, 11) is 1.56. The molecule has 0 saturated heterocycles. The molecule has 2 heterocycles. The van der Waals surface area contributed by atoms with Crippen molar-refractivity contribution < 1.29 is 4.74 Å². The van der Waals surface area contributed by atoms with Crippen LogP contribution in [0.25, 0.3) is 0 Å². The molecule has 1 unspecified atom stereocenters. The Morgan fingerprint density at radius 3 is 2.83 bits per heavy atom. The summed E-state index contributed by atoms with van der Waals surface area (Å²) < 4.78 is 5.18. The molecule has 18 heavy (non-hydrogen) atoms. The molecule has 2 aromatic rings. The molecule has 0 aliphatic carbocycles. The van der Waals surface area contributed by atoms with Crippen molar-refractivity contribution >= 4 is 11.3 Å². The van der Waals surface area contributed by atoms with Gasteiger partial charge in [0, 0.05) is 24.2 Å². The summed E-state index contributed by atoms with van der Waals surface area (Å²) in [6.07, 6.45) is 3.85. The molecule has 7 heteroatoms. The van der Waals surface area contributed by atoms with Gasteiger partial charge in [0.25, 0.3) is 0 Å². The van der Waals surface area contributed by atoms with E-state index in [-0.39, 0.29) is 6.04 Å². The summed E-state index contributed by atoms with van der Waals surface area (Å²) in [6.45, 7) is 1.97. The van der Waals surface area contributed by atoms with E-state index in [0.29, 0.717) is 18.0 Å². The van der Waals surface area contributed by atoms with E-state index in [1.165, 1.54) is 0 Å². The fourth-order valence-corrected chi connectivity index (χ4v) is 2.30. The van der Waals surface area contributed by atoms with Crippen LogP contribution >= 0.6 is 11.3 Å². The first-order valence-corrected chi connectivity index (χ1v) is 6.34. The average molecular weight is 265 g/mol. The number of thiazole rings is 1. The van der Waals surface area contributed by atoms with Crippen LogP contribution in [0.5, 0.6) is 5.88 Å². The van der Waals surface area contributed by atoms with Gasteiger partial charge in [0.1, 0.15) is 5.69 Å². The molecule has 1 atom stereocenters. The fourth-order valence-electron chi connectivity index (χ4n) is 1.68. The van der Waals surface area contributed by atoms with E-state index in [1.54, 1.807) is 30.8 Å². The summed E-state index contributed by atoms with van der Waals surface area (Å²) in [5.41, 5.74) is 4.40. The zero-order valence-electron chi connectivity index (χ0n) is 10.3. The normalized spacial score (nSPS) is 12.4. The van der Waals surface area contributed by atoms with E-state index in [0.717, 1.165) is 10.7 Å². The number of hydrazine groups is 1. The first-order valence-electron chi connectivity index (χ1n) is 5.46. The van der Waals surface area contributed by atoms with Gasteiger partial charge < -0.3 is 4.74 Å². The van der Waals surface area contributed by atoms with Crippen molar-refractivity contribution in [3.63, 3.8) is 0 Å². The Bertz CT molecular complexity index is 516. The molecule has 0 spiro atoms. The number of hydrogen-bond donors (Lipinski definition) is 2. The van der Waals surface area contributed by atoms with Crippen LogP contribution in [0.4, 0.5) is 0 Å². The zero-order chi connectivity index (χ0) is 13.0. The molecule has 0 saturated carbocycles.